The topological polar surface area (TPSA) is 63.8 Å². The highest BCUT2D eigenvalue weighted by Crippen LogP contribution is 2.39. The third-order valence-corrected chi connectivity index (χ3v) is 6.00. The summed E-state index contributed by atoms with van der Waals surface area (Å²) in [5.41, 5.74) is 3.16. The van der Waals surface area contributed by atoms with E-state index in [1.807, 2.05) is 60.1 Å². The molecule has 152 valence electrons. The van der Waals surface area contributed by atoms with E-state index in [0.717, 1.165) is 22.0 Å². The summed E-state index contributed by atoms with van der Waals surface area (Å²) in [4.78, 5) is 12.9. The molecule has 2 aromatic carbocycles. The number of benzene rings is 2. The van der Waals surface area contributed by atoms with Crippen LogP contribution in [0.4, 0.5) is 0 Å². The summed E-state index contributed by atoms with van der Waals surface area (Å²) in [6.07, 6.45) is 8.46. The van der Waals surface area contributed by atoms with Gasteiger partial charge in [-0.2, -0.15) is 0 Å². The molecular weight excluding hydrogens is 408 g/mol. The van der Waals surface area contributed by atoms with E-state index >= 15 is 0 Å². The molecule has 1 atom stereocenters. The summed E-state index contributed by atoms with van der Waals surface area (Å²) in [6.45, 7) is 0. The maximum atomic E-state index is 12.1. The fourth-order valence-electron chi connectivity index (χ4n) is 3.97. The molecule has 0 saturated heterocycles. The summed E-state index contributed by atoms with van der Waals surface area (Å²) in [5.74, 6) is 0. The number of pyridine rings is 2. The van der Waals surface area contributed by atoms with Crippen LogP contribution in [-0.2, 0) is 12.6 Å². The largest absolute Gasteiger partial charge is 0.374 e. The van der Waals surface area contributed by atoms with Crippen LogP contribution in [0.3, 0.4) is 0 Å². The van der Waals surface area contributed by atoms with Gasteiger partial charge in [-0.25, -0.2) is 4.98 Å². The molecule has 31 heavy (non-hydrogen) atoms. The minimum atomic E-state index is -1.44. The highest BCUT2D eigenvalue weighted by Gasteiger charge is 2.36. The van der Waals surface area contributed by atoms with E-state index in [0.29, 0.717) is 21.8 Å². The van der Waals surface area contributed by atoms with Gasteiger partial charge in [-0.05, 0) is 41.0 Å². The average molecular weight is 427 g/mol. The Hall–Kier alpha value is -3.54. The standard InChI is InChI=1S/C25H19ClN4O/c1-30-16-28-15-23(30)25(31,18-9-11-27-12-10-18)19-7-8-22-20(13-19)24(26)21(14-29-22)17-5-3-2-4-6-17/h2-16,31H,1H3. The Kier molecular flexibility index (Phi) is 4.77. The zero-order valence-corrected chi connectivity index (χ0v) is 17.5. The van der Waals surface area contributed by atoms with Crippen molar-refractivity contribution < 1.29 is 5.11 Å². The van der Waals surface area contributed by atoms with Gasteiger partial charge >= 0.3 is 0 Å². The van der Waals surface area contributed by atoms with Crippen LogP contribution >= 0.6 is 11.6 Å². The number of aryl methyl sites for hydroxylation is 1. The van der Waals surface area contributed by atoms with Crippen LogP contribution in [-0.4, -0.2) is 24.6 Å². The van der Waals surface area contributed by atoms with Crippen molar-refractivity contribution in [3.8, 4) is 11.1 Å². The fraction of sp³-hybridized carbons (Fsp3) is 0.0800. The van der Waals surface area contributed by atoms with Crippen molar-refractivity contribution in [3.63, 3.8) is 0 Å². The summed E-state index contributed by atoms with van der Waals surface area (Å²) in [6, 6.07) is 19.2. The molecule has 0 aliphatic carbocycles. The van der Waals surface area contributed by atoms with Gasteiger partial charge in [-0.15, -0.1) is 0 Å². The molecule has 0 saturated carbocycles. The zero-order chi connectivity index (χ0) is 21.4. The first-order valence-electron chi connectivity index (χ1n) is 9.83. The van der Waals surface area contributed by atoms with Gasteiger partial charge in [0.1, 0.15) is 0 Å². The van der Waals surface area contributed by atoms with E-state index in [2.05, 4.69) is 15.0 Å². The monoisotopic (exact) mass is 426 g/mol. The van der Waals surface area contributed by atoms with E-state index in [4.69, 9.17) is 11.6 Å². The number of hydrogen-bond acceptors (Lipinski definition) is 4. The second-order valence-corrected chi connectivity index (χ2v) is 7.80. The SMILES string of the molecule is Cn1cncc1C(O)(c1ccncc1)c1ccc2ncc(-c3ccccc3)c(Cl)c2c1. The molecule has 0 aliphatic rings. The van der Waals surface area contributed by atoms with Crippen LogP contribution in [0, 0.1) is 0 Å². The maximum absolute atomic E-state index is 12.1. The zero-order valence-electron chi connectivity index (χ0n) is 16.8. The normalized spacial score (nSPS) is 13.3. The second-order valence-electron chi connectivity index (χ2n) is 7.42. The van der Waals surface area contributed by atoms with Gasteiger partial charge in [0.25, 0.3) is 0 Å². The van der Waals surface area contributed by atoms with E-state index in [1.54, 1.807) is 43.2 Å². The lowest BCUT2D eigenvalue weighted by molar-refractivity contribution is 0.117. The van der Waals surface area contributed by atoms with Gasteiger partial charge in [0.15, 0.2) is 5.60 Å². The molecule has 0 radical (unpaired) electrons. The van der Waals surface area contributed by atoms with Crippen LogP contribution in [0.15, 0.2) is 91.8 Å². The number of imidazole rings is 1. The number of rotatable bonds is 4. The number of aromatic nitrogens is 4. The summed E-state index contributed by atoms with van der Waals surface area (Å²) >= 11 is 6.85. The van der Waals surface area contributed by atoms with Crippen LogP contribution in [0.25, 0.3) is 22.0 Å². The Morgan fingerprint density at radius 3 is 2.39 bits per heavy atom. The molecular formula is C25H19ClN4O. The number of fused-ring (bicyclic) bond motifs is 1. The third kappa shape index (κ3) is 3.19. The molecule has 1 N–H and O–H groups in total. The quantitative estimate of drug-likeness (QED) is 0.440. The first-order chi connectivity index (χ1) is 15.1. The van der Waals surface area contributed by atoms with E-state index < -0.39 is 5.60 Å². The van der Waals surface area contributed by atoms with Crippen LogP contribution < -0.4 is 0 Å². The number of halogens is 1. The molecule has 0 aliphatic heterocycles. The van der Waals surface area contributed by atoms with Crippen LogP contribution in [0.2, 0.25) is 5.02 Å². The Balaban J connectivity index is 1.76. The predicted molar refractivity (Wildman–Crippen MR) is 122 cm³/mol. The van der Waals surface area contributed by atoms with Crippen molar-refractivity contribution in [2.24, 2.45) is 7.05 Å². The number of aliphatic hydroxyl groups is 1. The highest BCUT2D eigenvalue weighted by molar-refractivity contribution is 6.38. The smallest absolute Gasteiger partial charge is 0.157 e. The molecule has 0 amide bonds. The second kappa shape index (κ2) is 7.61. The van der Waals surface area contributed by atoms with Gasteiger partial charge in [0.05, 0.1) is 28.8 Å². The van der Waals surface area contributed by atoms with E-state index in [-0.39, 0.29) is 0 Å². The fourth-order valence-corrected chi connectivity index (χ4v) is 4.27. The minimum absolute atomic E-state index is 0.597. The van der Waals surface area contributed by atoms with Crippen molar-refractivity contribution in [2.45, 2.75) is 5.60 Å². The van der Waals surface area contributed by atoms with Crippen molar-refractivity contribution in [1.29, 1.82) is 0 Å². The third-order valence-electron chi connectivity index (χ3n) is 5.59. The lowest BCUT2D eigenvalue weighted by atomic mass is 9.83. The molecule has 6 heteroatoms. The van der Waals surface area contributed by atoms with E-state index in [1.165, 1.54) is 0 Å². The van der Waals surface area contributed by atoms with Crippen molar-refractivity contribution in [3.05, 3.63) is 114 Å². The molecule has 5 aromatic rings. The first-order valence-corrected chi connectivity index (χ1v) is 10.2. The summed E-state index contributed by atoms with van der Waals surface area (Å²) in [5, 5.41) is 13.5. The summed E-state index contributed by atoms with van der Waals surface area (Å²) < 4.78 is 1.81. The molecule has 3 aromatic heterocycles. The molecule has 3 heterocycles. The molecule has 0 fully saturated rings. The van der Waals surface area contributed by atoms with E-state index in [9.17, 15) is 5.11 Å². The maximum Gasteiger partial charge on any atom is 0.157 e. The number of hydrogen-bond donors (Lipinski definition) is 1. The molecule has 5 rings (SSSR count). The van der Waals surface area contributed by atoms with Crippen molar-refractivity contribution in [2.75, 3.05) is 0 Å². The van der Waals surface area contributed by atoms with Crippen LogP contribution in [0.1, 0.15) is 16.8 Å². The number of nitrogens with zero attached hydrogens (tertiary/aromatic N) is 4. The lowest BCUT2D eigenvalue weighted by Gasteiger charge is -2.30. The minimum Gasteiger partial charge on any atom is -0.374 e. The van der Waals surface area contributed by atoms with Gasteiger partial charge < -0.3 is 9.67 Å². The molecule has 5 nitrogen and oxygen atoms in total. The summed E-state index contributed by atoms with van der Waals surface area (Å²) in [7, 11) is 1.86. The molecule has 0 spiro atoms. The average Bonchev–Trinajstić information content (AvgIpc) is 3.26. The van der Waals surface area contributed by atoms with Gasteiger partial charge in [0, 0.05) is 36.6 Å². The molecule has 0 bridgehead atoms. The lowest BCUT2D eigenvalue weighted by Crippen LogP contribution is -2.31. The Morgan fingerprint density at radius 2 is 1.68 bits per heavy atom. The Morgan fingerprint density at radius 1 is 0.903 bits per heavy atom. The van der Waals surface area contributed by atoms with Crippen LogP contribution in [0.5, 0.6) is 0 Å². The van der Waals surface area contributed by atoms with Crippen molar-refractivity contribution >= 4 is 22.5 Å². The van der Waals surface area contributed by atoms with Gasteiger partial charge in [-0.1, -0.05) is 48.0 Å². The Bertz CT molecular complexity index is 1370. The highest BCUT2D eigenvalue weighted by atomic mass is 35.5. The van der Waals surface area contributed by atoms with Gasteiger partial charge in [-0.3, -0.25) is 9.97 Å². The van der Waals surface area contributed by atoms with Gasteiger partial charge in [0.2, 0.25) is 0 Å². The predicted octanol–water partition coefficient (Wildman–Crippen LogP) is 4.97. The molecule has 1 unspecified atom stereocenters. The van der Waals surface area contributed by atoms with Crippen molar-refractivity contribution in [1.82, 2.24) is 19.5 Å². The Labute approximate surface area is 184 Å². The first kappa shape index (κ1) is 19.4.